The summed E-state index contributed by atoms with van der Waals surface area (Å²) < 4.78 is 36.5. The third-order valence-corrected chi connectivity index (χ3v) is 7.76. The quantitative estimate of drug-likeness (QED) is 0.235. The summed E-state index contributed by atoms with van der Waals surface area (Å²) in [7, 11) is 1.52. The van der Waals surface area contributed by atoms with E-state index in [9.17, 15) is 23.5 Å². The number of carboxylic acid groups (broad SMARTS) is 1. The topological polar surface area (TPSA) is 93.5 Å². The highest BCUT2D eigenvalue weighted by atomic mass is 35.5. The van der Waals surface area contributed by atoms with Crippen LogP contribution in [0.3, 0.4) is 0 Å². The molecule has 0 radical (unpaired) electrons. The lowest BCUT2D eigenvalue weighted by atomic mass is 9.83. The molecule has 0 spiro atoms. The Morgan fingerprint density at radius 2 is 1.75 bits per heavy atom. The molecule has 3 aromatic carbocycles. The molecule has 0 saturated heterocycles. The fourth-order valence-corrected chi connectivity index (χ4v) is 5.78. The first-order valence-corrected chi connectivity index (χ1v) is 13.4. The van der Waals surface area contributed by atoms with Crippen LogP contribution in [0.1, 0.15) is 66.0 Å². The number of fused-ring (bicyclic) bond motifs is 1. The maximum Gasteiger partial charge on any atom is 0.335 e. The molecule has 0 bridgehead atoms. The van der Waals surface area contributed by atoms with Gasteiger partial charge in [-0.05, 0) is 42.5 Å². The number of methoxy groups -OCH3 is 1. The number of carboxylic acids is 1. The van der Waals surface area contributed by atoms with Crippen LogP contribution in [-0.2, 0) is 9.53 Å². The zero-order valence-electron chi connectivity index (χ0n) is 21.7. The van der Waals surface area contributed by atoms with Crippen LogP contribution in [0.5, 0.6) is 0 Å². The molecule has 1 aliphatic rings. The lowest BCUT2D eigenvalue weighted by Gasteiger charge is -2.33. The smallest absolute Gasteiger partial charge is 0.335 e. The van der Waals surface area contributed by atoms with Gasteiger partial charge in [-0.15, -0.1) is 0 Å². The number of nitrogens with zero attached hydrogens (tertiary/aromatic N) is 2. The Morgan fingerprint density at radius 3 is 2.40 bits per heavy atom. The highest BCUT2D eigenvalue weighted by molar-refractivity contribution is 6.34. The van der Waals surface area contributed by atoms with Gasteiger partial charge in [0.05, 0.1) is 27.3 Å². The molecule has 208 valence electrons. The molecule has 1 fully saturated rings. The molecule has 1 amide bonds. The van der Waals surface area contributed by atoms with Crippen molar-refractivity contribution in [3.05, 3.63) is 94.3 Å². The number of benzene rings is 3. The van der Waals surface area contributed by atoms with Crippen molar-refractivity contribution in [1.82, 2.24) is 9.55 Å². The van der Waals surface area contributed by atoms with Crippen molar-refractivity contribution in [3.8, 4) is 0 Å². The van der Waals surface area contributed by atoms with E-state index >= 15 is 0 Å². The van der Waals surface area contributed by atoms with Gasteiger partial charge in [0.25, 0.3) is 0 Å². The molecule has 0 aliphatic heterocycles. The van der Waals surface area contributed by atoms with Gasteiger partial charge in [-0.25, -0.2) is 18.6 Å². The van der Waals surface area contributed by atoms with E-state index in [0.717, 1.165) is 49.8 Å². The molecule has 1 aliphatic carbocycles. The summed E-state index contributed by atoms with van der Waals surface area (Å²) in [6.45, 7) is 0. The van der Waals surface area contributed by atoms with Crippen LogP contribution in [0.15, 0.2) is 60.7 Å². The van der Waals surface area contributed by atoms with E-state index in [0.29, 0.717) is 5.82 Å². The number of imidazole rings is 1. The number of hydrogen-bond acceptors (Lipinski definition) is 4. The Morgan fingerprint density at radius 1 is 1.05 bits per heavy atom. The first-order valence-electron chi connectivity index (χ1n) is 13.1. The highest BCUT2D eigenvalue weighted by Crippen LogP contribution is 2.40. The van der Waals surface area contributed by atoms with Crippen LogP contribution < -0.4 is 5.32 Å². The minimum Gasteiger partial charge on any atom is -0.478 e. The molecule has 0 unspecified atom stereocenters. The number of anilines is 1. The van der Waals surface area contributed by atoms with Crippen molar-refractivity contribution in [2.45, 2.75) is 44.2 Å². The van der Waals surface area contributed by atoms with Crippen LogP contribution in [0.25, 0.3) is 11.0 Å². The third-order valence-electron chi connectivity index (χ3n) is 7.45. The SMILES string of the molecule is CO[C@@H](c1ccccc1)c1nc2cc(F)c(F)cc2n1[C@@H](C(=O)Nc1ccc(C(=O)O)cc1Cl)C1CCCCC1. The molecule has 1 heterocycles. The first-order chi connectivity index (χ1) is 19.3. The lowest BCUT2D eigenvalue weighted by molar-refractivity contribution is -0.121. The average molecular weight is 568 g/mol. The predicted octanol–water partition coefficient (Wildman–Crippen LogP) is 7.16. The van der Waals surface area contributed by atoms with Gasteiger partial charge in [0.2, 0.25) is 5.91 Å². The molecule has 2 N–H and O–H groups in total. The summed E-state index contributed by atoms with van der Waals surface area (Å²) >= 11 is 6.34. The van der Waals surface area contributed by atoms with Crippen molar-refractivity contribution in [1.29, 1.82) is 0 Å². The van der Waals surface area contributed by atoms with E-state index in [1.54, 1.807) is 4.57 Å². The van der Waals surface area contributed by atoms with Gasteiger partial charge >= 0.3 is 5.97 Å². The normalized spacial score (nSPS) is 15.6. The second kappa shape index (κ2) is 11.7. The minimum absolute atomic E-state index is 0.0157. The number of hydrogen-bond donors (Lipinski definition) is 2. The third kappa shape index (κ3) is 5.44. The van der Waals surface area contributed by atoms with Crippen LogP contribution in [0.4, 0.5) is 14.5 Å². The second-order valence-corrected chi connectivity index (χ2v) is 10.4. The number of aromatic nitrogens is 2. The van der Waals surface area contributed by atoms with Gasteiger partial charge < -0.3 is 19.7 Å². The van der Waals surface area contributed by atoms with E-state index in [4.69, 9.17) is 16.3 Å². The van der Waals surface area contributed by atoms with Crippen molar-refractivity contribution in [2.75, 3.05) is 12.4 Å². The highest BCUT2D eigenvalue weighted by Gasteiger charge is 2.36. The number of ether oxygens (including phenoxy) is 1. The van der Waals surface area contributed by atoms with E-state index in [-0.39, 0.29) is 33.2 Å². The molecule has 4 aromatic rings. The van der Waals surface area contributed by atoms with Gasteiger partial charge in [0, 0.05) is 19.2 Å². The molecular weight excluding hydrogens is 540 g/mol. The van der Waals surface area contributed by atoms with Crippen molar-refractivity contribution < 1.29 is 28.2 Å². The maximum absolute atomic E-state index is 14.6. The van der Waals surface area contributed by atoms with E-state index in [1.165, 1.54) is 25.3 Å². The Bertz CT molecular complexity index is 1550. The molecule has 5 rings (SSSR count). The summed E-state index contributed by atoms with van der Waals surface area (Å²) in [6.07, 6.45) is 3.64. The van der Waals surface area contributed by atoms with Crippen molar-refractivity contribution >= 4 is 40.2 Å². The molecule has 10 heteroatoms. The number of amides is 1. The Labute approximate surface area is 234 Å². The molecular formula is C30H28ClF2N3O4. The van der Waals surface area contributed by atoms with Crippen molar-refractivity contribution in [2.24, 2.45) is 5.92 Å². The van der Waals surface area contributed by atoms with Gasteiger partial charge in [-0.2, -0.15) is 0 Å². The number of nitrogens with one attached hydrogen (secondary N) is 1. The lowest BCUT2D eigenvalue weighted by Crippen LogP contribution is -2.35. The summed E-state index contributed by atoms with van der Waals surface area (Å²) in [5.74, 6) is -3.46. The van der Waals surface area contributed by atoms with Crippen LogP contribution in [0.2, 0.25) is 5.02 Å². The molecule has 40 heavy (non-hydrogen) atoms. The number of carbonyl (C=O) groups excluding carboxylic acids is 1. The number of carbonyl (C=O) groups is 2. The fourth-order valence-electron chi connectivity index (χ4n) is 5.55. The number of aromatic carboxylic acids is 1. The summed E-state index contributed by atoms with van der Waals surface area (Å²) in [4.78, 5) is 30.2. The summed E-state index contributed by atoms with van der Waals surface area (Å²) in [6, 6.07) is 14.6. The van der Waals surface area contributed by atoms with Gasteiger partial charge in [0.15, 0.2) is 11.6 Å². The summed E-state index contributed by atoms with van der Waals surface area (Å²) in [5.41, 5.74) is 1.46. The van der Waals surface area contributed by atoms with E-state index in [2.05, 4.69) is 10.3 Å². The largest absolute Gasteiger partial charge is 0.478 e. The predicted molar refractivity (Wildman–Crippen MR) is 148 cm³/mol. The standard InChI is InChI=1S/C30H28ClF2N3O4/c1-40-27(18-10-6-3-7-11-18)28-34-24-15-21(32)22(33)16-25(24)36(28)26(17-8-4-2-5-9-17)29(37)35-23-13-12-19(30(38)39)14-20(23)31/h3,6-7,10-17,26-27H,2,4-5,8-9H2,1H3,(H,35,37)(H,38,39)/t26-,27+/m1/s1. The van der Waals surface area contributed by atoms with Gasteiger partial charge in [-0.3, -0.25) is 4.79 Å². The average Bonchev–Trinajstić information content (AvgIpc) is 3.28. The molecule has 7 nitrogen and oxygen atoms in total. The molecule has 2 atom stereocenters. The fraction of sp³-hybridized carbons (Fsp3) is 0.300. The van der Waals surface area contributed by atoms with Crippen LogP contribution in [-0.4, -0.2) is 33.6 Å². The van der Waals surface area contributed by atoms with E-state index in [1.807, 2.05) is 30.3 Å². The summed E-state index contributed by atoms with van der Waals surface area (Å²) in [5, 5.41) is 12.2. The Kier molecular flexibility index (Phi) is 8.14. The van der Waals surface area contributed by atoms with E-state index < -0.39 is 35.7 Å². The maximum atomic E-state index is 14.6. The van der Waals surface area contributed by atoms with Gasteiger partial charge in [-0.1, -0.05) is 61.2 Å². The minimum atomic E-state index is -1.14. The second-order valence-electron chi connectivity index (χ2n) is 9.95. The van der Waals surface area contributed by atoms with Crippen LogP contribution >= 0.6 is 11.6 Å². The zero-order chi connectivity index (χ0) is 28.4. The first kappa shape index (κ1) is 27.7. The number of halogens is 3. The van der Waals surface area contributed by atoms with Crippen molar-refractivity contribution in [3.63, 3.8) is 0 Å². The number of rotatable bonds is 8. The molecule has 1 saturated carbocycles. The Balaban J connectivity index is 1.68. The monoisotopic (exact) mass is 567 g/mol. The van der Waals surface area contributed by atoms with Gasteiger partial charge in [0.1, 0.15) is 18.0 Å². The van der Waals surface area contributed by atoms with Crippen LogP contribution in [0, 0.1) is 17.6 Å². The Hall–Kier alpha value is -3.82. The molecule has 1 aromatic heterocycles. The zero-order valence-corrected chi connectivity index (χ0v) is 22.5.